The first-order valence-corrected chi connectivity index (χ1v) is 8.81. The normalized spacial score (nSPS) is 17.1. The highest BCUT2D eigenvalue weighted by Crippen LogP contribution is 2.26. The lowest BCUT2D eigenvalue weighted by Crippen LogP contribution is -2.21. The molecule has 1 heterocycles. The van der Waals surface area contributed by atoms with Gasteiger partial charge in [-0.3, -0.25) is 9.52 Å². The first kappa shape index (κ1) is 15.1. The molecule has 0 amide bonds. The zero-order valence-electron chi connectivity index (χ0n) is 11.8. The average Bonchev–Trinajstić information content (AvgIpc) is 2.42. The largest absolute Gasteiger partial charge is 0.327 e. The molecule has 1 aromatic heterocycles. The molecule has 1 fully saturated rings. The molecule has 0 aromatic carbocycles. The minimum absolute atomic E-state index is 0.149. The third-order valence-electron chi connectivity index (χ3n) is 3.88. The van der Waals surface area contributed by atoms with Gasteiger partial charge in [-0.25, -0.2) is 8.42 Å². The third kappa shape index (κ3) is 4.37. The number of hydrogen-bond acceptors (Lipinski definition) is 3. The fourth-order valence-electron chi connectivity index (χ4n) is 2.68. The number of aromatic amines is 1. The van der Waals surface area contributed by atoms with Crippen LogP contribution in [0, 0.1) is 12.8 Å². The van der Waals surface area contributed by atoms with Crippen molar-refractivity contribution < 1.29 is 8.42 Å². The molecular formula is C14H22N2O3S. The molecule has 112 valence electrons. The monoisotopic (exact) mass is 298 g/mol. The maximum Gasteiger partial charge on any atom is 0.250 e. The van der Waals surface area contributed by atoms with E-state index in [1.54, 1.807) is 13.0 Å². The second-order valence-electron chi connectivity index (χ2n) is 5.61. The predicted molar refractivity (Wildman–Crippen MR) is 80.4 cm³/mol. The molecule has 5 nitrogen and oxygen atoms in total. The molecule has 0 aliphatic heterocycles. The molecule has 2 N–H and O–H groups in total. The van der Waals surface area contributed by atoms with Crippen molar-refractivity contribution >= 4 is 15.7 Å². The van der Waals surface area contributed by atoms with Crippen LogP contribution in [0.4, 0.5) is 5.69 Å². The summed E-state index contributed by atoms with van der Waals surface area (Å²) in [6.07, 6.45) is 8.12. The van der Waals surface area contributed by atoms with Crippen molar-refractivity contribution in [1.29, 1.82) is 0 Å². The Labute approximate surface area is 119 Å². The molecule has 0 saturated heterocycles. The van der Waals surface area contributed by atoms with Crippen LogP contribution >= 0.6 is 0 Å². The highest BCUT2D eigenvalue weighted by atomic mass is 32.2. The van der Waals surface area contributed by atoms with Gasteiger partial charge in [-0.15, -0.1) is 0 Å². The van der Waals surface area contributed by atoms with Gasteiger partial charge in [0.1, 0.15) is 0 Å². The quantitative estimate of drug-likeness (QED) is 0.876. The molecular weight excluding hydrogens is 276 g/mol. The molecule has 0 radical (unpaired) electrons. The Morgan fingerprint density at radius 3 is 2.65 bits per heavy atom. The Balaban J connectivity index is 1.92. The number of hydrogen-bond donors (Lipinski definition) is 2. The summed E-state index contributed by atoms with van der Waals surface area (Å²) in [5.41, 5.74) is 0.721. The summed E-state index contributed by atoms with van der Waals surface area (Å²) in [5.74, 6) is 0.688. The Kier molecular flexibility index (Phi) is 4.86. The molecule has 0 unspecified atom stereocenters. The molecule has 6 heteroatoms. The van der Waals surface area contributed by atoms with Gasteiger partial charge in [0.15, 0.2) is 0 Å². The lowest BCUT2D eigenvalue weighted by atomic mass is 9.88. The molecule has 0 spiro atoms. The van der Waals surface area contributed by atoms with E-state index < -0.39 is 10.0 Å². The Hall–Kier alpha value is -1.30. The summed E-state index contributed by atoms with van der Waals surface area (Å²) < 4.78 is 26.6. The molecule has 0 atom stereocenters. The van der Waals surface area contributed by atoms with E-state index >= 15 is 0 Å². The second-order valence-corrected chi connectivity index (χ2v) is 7.46. The Bertz CT molecular complexity index is 601. The van der Waals surface area contributed by atoms with Crippen LogP contribution in [0.3, 0.4) is 0 Å². The predicted octanol–water partition coefficient (Wildman–Crippen LogP) is 2.40. The summed E-state index contributed by atoms with van der Waals surface area (Å²) in [6, 6.07) is 1.55. The fourth-order valence-corrected chi connectivity index (χ4v) is 3.91. The Morgan fingerprint density at radius 2 is 2.00 bits per heavy atom. The van der Waals surface area contributed by atoms with Crippen molar-refractivity contribution in [2.75, 3.05) is 10.5 Å². The number of aryl methyl sites for hydroxylation is 1. The van der Waals surface area contributed by atoms with Gasteiger partial charge in [0.2, 0.25) is 10.0 Å². The minimum atomic E-state index is -3.34. The van der Waals surface area contributed by atoms with Crippen molar-refractivity contribution in [3.05, 3.63) is 28.2 Å². The van der Waals surface area contributed by atoms with Crippen LogP contribution < -0.4 is 10.3 Å². The average molecular weight is 298 g/mol. The van der Waals surface area contributed by atoms with Crippen LogP contribution in [0.15, 0.2) is 17.1 Å². The molecule has 1 aromatic rings. The van der Waals surface area contributed by atoms with Crippen LogP contribution in [0.2, 0.25) is 0 Å². The van der Waals surface area contributed by atoms with Crippen molar-refractivity contribution in [2.24, 2.45) is 5.92 Å². The highest BCUT2D eigenvalue weighted by molar-refractivity contribution is 7.92. The third-order valence-corrected chi connectivity index (χ3v) is 5.20. The topological polar surface area (TPSA) is 79.0 Å². The van der Waals surface area contributed by atoms with Crippen LogP contribution in [-0.2, 0) is 10.0 Å². The zero-order valence-corrected chi connectivity index (χ0v) is 12.6. The minimum Gasteiger partial charge on any atom is -0.327 e. The fraction of sp³-hybridized carbons (Fsp3) is 0.643. The van der Waals surface area contributed by atoms with Gasteiger partial charge in [0.05, 0.1) is 11.4 Å². The van der Waals surface area contributed by atoms with E-state index in [0.29, 0.717) is 17.2 Å². The SMILES string of the molecule is Cc1cc(NS(=O)(=O)CCC2CCCCC2)c[nH]c1=O. The number of anilines is 1. The highest BCUT2D eigenvalue weighted by Gasteiger charge is 2.18. The lowest BCUT2D eigenvalue weighted by Gasteiger charge is -2.21. The van der Waals surface area contributed by atoms with Crippen molar-refractivity contribution in [3.8, 4) is 0 Å². The maximum atomic E-state index is 12.0. The first-order valence-electron chi connectivity index (χ1n) is 7.16. The van der Waals surface area contributed by atoms with Gasteiger partial charge < -0.3 is 4.98 Å². The molecule has 0 bridgehead atoms. The van der Waals surface area contributed by atoms with Gasteiger partial charge >= 0.3 is 0 Å². The lowest BCUT2D eigenvalue weighted by molar-refractivity contribution is 0.350. The van der Waals surface area contributed by atoms with Gasteiger partial charge in [0.25, 0.3) is 5.56 Å². The summed E-state index contributed by atoms with van der Waals surface area (Å²) >= 11 is 0. The number of pyridine rings is 1. The summed E-state index contributed by atoms with van der Waals surface area (Å²) in [7, 11) is -3.34. The molecule has 1 aliphatic rings. The van der Waals surface area contributed by atoms with Crippen LogP contribution in [0.5, 0.6) is 0 Å². The summed E-state index contributed by atoms with van der Waals surface area (Å²) in [6.45, 7) is 1.65. The van der Waals surface area contributed by atoms with Gasteiger partial charge in [0, 0.05) is 11.8 Å². The maximum absolute atomic E-state index is 12.0. The van der Waals surface area contributed by atoms with E-state index in [1.807, 2.05) is 0 Å². The van der Waals surface area contributed by atoms with Crippen molar-refractivity contribution in [1.82, 2.24) is 4.98 Å². The standard InChI is InChI=1S/C14H22N2O3S/c1-11-9-13(10-15-14(11)17)16-20(18,19)8-7-12-5-3-2-4-6-12/h9-10,12,16H,2-8H2,1H3,(H,15,17). The number of aromatic nitrogens is 1. The summed E-state index contributed by atoms with van der Waals surface area (Å²) in [5, 5.41) is 0. The van der Waals surface area contributed by atoms with E-state index in [-0.39, 0.29) is 11.3 Å². The van der Waals surface area contributed by atoms with Crippen LogP contribution in [0.1, 0.15) is 44.1 Å². The molecule has 1 saturated carbocycles. The van der Waals surface area contributed by atoms with E-state index in [4.69, 9.17) is 0 Å². The van der Waals surface area contributed by atoms with E-state index in [1.165, 1.54) is 25.5 Å². The number of sulfonamides is 1. The number of rotatable bonds is 5. The van der Waals surface area contributed by atoms with E-state index in [9.17, 15) is 13.2 Å². The zero-order chi connectivity index (χ0) is 14.6. The Morgan fingerprint density at radius 1 is 1.30 bits per heavy atom. The van der Waals surface area contributed by atoms with E-state index in [0.717, 1.165) is 19.3 Å². The molecule has 1 aliphatic carbocycles. The van der Waals surface area contributed by atoms with Crippen LogP contribution in [0.25, 0.3) is 0 Å². The van der Waals surface area contributed by atoms with E-state index in [2.05, 4.69) is 9.71 Å². The smallest absolute Gasteiger partial charge is 0.250 e. The van der Waals surface area contributed by atoms with Gasteiger partial charge in [-0.2, -0.15) is 0 Å². The van der Waals surface area contributed by atoms with Gasteiger partial charge in [-0.1, -0.05) is 32.1 Å². The first-order chi connectivity index (χ1) is 9.46. The van der Waals surface area contributed by atoms with Crippen LogP contribution in [-0.4, -0.2) is 19.2 Å². The summed E-state index contributed by atoms with van der Waals surface area (Å²) in [4.78, 5) is 13.7. The van der Waals surface area contributed by atoms with Gasteiger partial charge in [-0.05, 0) is 25.3 Å². The molecule has 20 heavy (non-hydrogen) atoms. The number of nitrogens with one attached hydrogen (secondary N) is 2. The number of H-pyrrole nitrogens is 1. The second kappa shape index (κ2) is 6.43. The van der Waals surface area contributed by atoms with Crippen molar-refractivity contribution in [2.45, 2.75) is 45.4 Å². The molecule has 2 rings (SSSR count). The van der Waals surface area contributed by atoms with Crippen molar-refractivity contribution in [3.63, 3.8) is 0 Å².